The second kappa shape index (κ2) is 7.46. The first kappa shape index (κ1) is 18.2. The number of furan rings is 1. The smallest absolute Gasteiger partial charge is 0.289 e. The number of benzene rings is 1. The van der Waals surface area contributed by atoms with Gasteiger partial charge in [-0.3, -0.25) is 9.69 Å². The summed E-state index contributed by atoms with van der Waals surface area (Å²) in [6.07, 6.45) is 1.49. The van der Waals surface area contributed by atoms with Crippen LogP contribution in [0.1, 0.15) is 16.1 Å². The van der Waals surface area contributed by atoms with Gasteiger partial charge in [0.25, 0.3) is 5.91 Å². The van der Waals surface area contributed by atoms with Gasteiger partial charge in [0.1, 0.15) is 0 Å². The molecule has 1 unspecified atom stereocenters. The highest BCUT2D eigenvalue weighted by Gasteiger charge is 2.40. The topological polar surface area (TPSA) is 74.1 Å². The van der Waals surface area contributed by atoms with Crippen LogP contribution in [-0.2, 0) is 16.6 Å². The van der Waals surface area contributed by atoms with Crippen LogP contribution in [0.5, 0.6) is 0 Å². The Balaban J connectivity index is 1.36. The van der Waals surface area contributed by atoms with Gasteiger partial charge in [-0.05, 0) is 17.7 Å². The number of hydrogen-bond donors (Lipinski definition) is 0. The molecule has 1 amide bonds. The van der Waals surface area contributed by atoms with E-state index in [2.05, 4.69) is 4.90 Å². The monoisotopic (exact) mass is 389 g/mol. The number of carbonyl (C=O) groups excluding carboxylic acids is 1. The van der Waals surface area contributed by atoms with Crippen molar-refractivity contribution in [1.82, 2.24) is 14.1 Å². The fraction of sp³-hybridized carbons (Fsp3) is 0.421. The molecule has 2 aliphatic rings. The molecule has 2 saturated heterocycles. The molecule has 2 aromatic rings. The summed E-state index contributed by atoms with van der Waals surface area (Å²) in [5, 5.41) is 0. The van der Waals surface area contributed by atoms with Crippen molar-refractivity contribution < 1.29 is 17.6 Å². The molecule has 7 nitrogen and oxygen atoms in total. The number of amides is 1. The number of rotatable bonds is 4. The van der Waals surface area contributed by atoms with E-state index in [1.807, 2.05) is 30.3 Å². The van der Waals surface area contributed by atoms with E-state index in [0.717, 1.165) is 5.56 Å². The van der Waals surface area contributed by atoms with Crippen molar-refractivity contribution in [3.63, 3.8) is 0 Å². The Kier molecular flexibility index (Phi) is 5.03. The molecule has 0 N–H and O–H groups in total. The Bertz CT molecular complexity index is 875. The van der Waals surface area contributed by atoms with Gasteiger partial charge in [-0.25, -0.2) is 8.42 Å². The van der Waals surface area contributed by atoms with Crippen molar-refractivity contribution in [2.75, 3.05) is 38.5 Å². The molecule has 0 aliphatic carbocycles. The third-order valence-corrected chi connectivity index (χ3v) is 7.13. The van der Waals surface area contributed by atoms with Crippen LogP contribution in [0.4, 0.5) is 0 Å². The van der Waals surface area contributed by atoms with E-state index in [1.54, 1.807) is 21.3 Å². The zero-order valence-corrected chi connectivity index (χ0v) is 15.8. The summed E-state index contributed by atoms with van der Waals surface area (Å²) in [6.45, 7) is 3.42. The van der Waals surface area contributed by atoms with Crippen molar-refractivity contribution in [3.8, 4) is 0 Å². The van der Waals surface area contributed by atoms with Crippen molar-refractivity contribution in [3.05, 3.63) is 60.1 Å². The van der Waals surface area contributed by atoms with E-state index in [4.69, 9.17) is 4.42 Å². The maximum atomic E-state index is 12.6. The van der Waals surface area contributed by atoms with Crippen LogP contribution >= 0.6 is 0 Å². The molecule has 0 bridgehead atoms. The molecule has 0 saturated carbocycles. The fourth-order valence-corrected chi connectivity index (χ4v) is 5.53. The second-order valence-electron chi connectivity index (χ2n) is 7.02. The Morgan fingerprint density at radius 3 is 2.44 bits per heavy atom. The summed E-state index contributed by atoms with van der Waals surface area (Å²) in [7, 11) is -3.25. The summed E-state index contributed by atoms with van der Waals surface area (Å²) in [4.78, 5) is 16.3. The molecule has 1 atom stereocenters. The van der Waals surface area contributed by atoms with Gasteiger partial charge in [0.2, 0.25) is 10.0 Å². The summed E-state index contributed by atoms with van der Waals surface area (Å²) in [6, 6.07) is 13.0. The Labute approximate surface area is 159 Å². The third-order valence-electron chi connectivity index (χ3n) is 5.26. The standard InChI is InChI=1S/C19H23N3O4S/c23-19(18-7-4-12-26-18)21-10-8-20(9-11-21)17-14-22(27(24,25)15-17)13-16-5-2-1-3-6-16/h1-7,12,17H,8-11,13-15H2. The summed E-state index contributed by atoms with van der Waals surface area (Å²) >= 11 is 0. The SMILES string of the molecule is O=C(c1ccco1)N1CCN(C2CN(Cc3ccccc3)S(=O)(=O)C2)CC1. The Hall–Kier alpha value is -2.16. The maximum absolute atomic E-state index is 12.6. The first-order chi connectivity index (χ1) is 13.0. The van der Waals surface area contributed by atoms with Crippen molar-refractivity contribution in [1.29, 1.82) is 0 Å². The minimum Gasteiger partial charge on any atom is -0.459 e. The number of piperazine rings is 1. The van der Waals surface area contributed by atoms with Crippen LogP contribution in [0.3, 0.4) is 0 Å². The quantitative estimate of drug-likeness (QED) is 0.787. The van der Waals surface area contributed by atoms with E-state index < -0.39 is 10.0 Å². The van der Waals surface area contributed by atoms with E-state index in [1.165, 1.54) is 6.26 Å². The molecule has 2 aliphatic heterocycles. The zero-order valence-electron chi connectivity index (χ0n) is 15.0. The lowest BCUT2D eigenvalue weighted by atomic mass is 10.2. The Morgan fingerprint density at radius 2 is 1.78 bits per heavy atom. The van der Waals surface area contributed by atoms with Crippen LogP contribution in [0.25, 0.3) is 0 Å². The molecule has 27 heavy (non-hydrogen) atoms. The molecule has 144 valence electrons. The minimum absolute atomic E-state index is 0.0282. The number of sulfonamides is 1. The third kappa shape index (κ3) is 3.92. The predicted octanol–water partition coefficient (Wildman–Crippen LogP) is 1.25. The first-order valence-corrected chi connectivity index (χ1v) is 10.7. The van der Waals surface area contributed by atoms with Gasteiger partial charge in [0.05, 0.1) is 12.0 Å². The summed E-state index contributed by atoms with van der Waals surface area (Å²) < 4.78 is 31.9. The maximum Gasteiger partial charge on any atom is 0.289 e. The summed E-state index contributed by atoms with van der Waals surface area (Å²) in [5.41, 5.74) is 0.996. The molecule has 0 radical (unpaired) electrons. The van der Waals surface area contributed by atoms with Crippen LogP contribution < -0.4 is 0 Å². The van der Waals surface area contributed by atoms with Crippen molar-refractivity contribution >= 4 is 15.9 Å². The number of carbonyl (C=O) groups is 1. The highest BCUT2D eigenvalue weighted by molar-refractivity contribution is 7.89. The average molecular weight is 389 g/mol. The number of hydrogen-bond acceptors (Lipinski definition) is 5. The van der Waals surface area contributed by atoms with E-state index in [0.29, 0.717) is 45.0 Å². The molecule has 1 aromatic heterocycles. The van der Waals surface area contributed by atoms with Gasteiger partial charge in [-0.2, -0.15) is 4.31 Å². The van der Waals surface area contributed by atoms with Gasteiger partial charge < -0.3 is 9.32 Å². The lowest BCUT2D eigenvalue weighted by Crippen LogP contribution is -2.53. The van der Waals surface area contributed by atoms with Gasteiger partial charge in [-0.1, -0.05) is 30.3 Å². The van der Waals surface area contributed by atoms with Crippen LogP contribution in [-0.4, -0.2) is 72.9 Å². The molecule has 1 aromatic carbocycles. The van der Waals surface area contributed by atoms with Crippen molar-refractivity contribution in [2.24, 2.45) is 0 Å². The molecule has 3 heterocycles. The zero-order chi connectivity index (χ0) is 18.9. The molecular formula is C19H23N3O4S. The van der Waals surface area contributed by atoms with Crippen LogP contribution in [0.15, 0.2) is 53.1 Å². The van der Waals surface area contributed by atoms with Gasteiger partial charge in [-0.15, -0.1) is 0 Å². The van der Waals surface area contributed by atoms with Gasteiger partial charge in [0.15, 0.2) is 5.76 Å². The average Bonchev–Trinajstić information content (AvgIpc) is 3.31. The Morgan fingerprint density at radius 1 is 1.04 bits per heavy atom. The predicted molar refractivity (Wildman–Crippen MR) is 101 cm³/mol. The van der Waals surface area contributed by atoms with Crippen LogP contribution in [0, 0.1) is 0 Å². The molecule has 0 spiro atoms. The highest BCUT2D eigenvalue weighted by Crippen LogP contribution is 2.23. The van der Waals surface area contributed by atoms with E-state index in [9.17, 15) is 13.2 Å². The normalized spacial score (nSPS) is 23.6. The van der Waals surface area contributed by atoms with Gasteiger partial charge in [0, 0.05) is 45.3 Å². The van der Waals surface area contributed by atoms with Crippen LogP contribution in [0.2, 0.25) is 0 Å². The van der Waals surface area contributed by atoms with E-state index >= 15 is 0 Å². The molecule has 2 fully saturated rings. The fourth-order valence-electron chi connectivity index (χ4n) is 3.77. The van der Waals surface area contributed by atoms with Gasteiger partial charge >= 0.3 is 0 Å². The molecular weight excluding hydrogens is 366 g/mol. The number of nitrogens with zero attached hydrogens (tertiary/aromatic N) is 3. The lowest BCUT2D eigenvalue weighted by Gasteiger charge is -2.37. The first-order valence-electron chi connectivity index (χ1n) is 9.11. The lowest BCUT2D eigenvalue weighted by molar-refractivity contribution is 0.0553. The summed E-state index contributed by atoms with van der Waals surface area (Å²) in [5.74, 6) is 0.386. The molecule has 8 heteroatoms. The second-order valence-corrected chi connectivity index (χ2v) is 9.03. The largest absolute Gasteiger partial charge is 0.459 e. The van der Waals surface area contributed by atoms with E-state index in [-0.39, 0.29) is 17.7 Å². The van der Waals surface area contributed by atoms with Crippen molar-refractivity contribution in [2.45, 2.75) is 12.6 Å². The highest BCUT2D eigenvalue weighted by atomic mass is 32.2. The minimum atomic E-state index is -3.25. The molecule has 4 rings (SSSR count).